The molecule has 31 heavy (non-hydrogen) atoms. The highest BCUT2D eigenvalue weighted by Gasteiger charge is 2.28. The zero-order valence-electron chi connectivity index (χ0n) is 17.1. The van der Waals surface area contributed by atoms with E-state index >= 15 is 0 Å². The maximum absolute atomic E-state index is 12.2. The number of nitriles is 1. The van der Waals surface area contributed by atoms with Gasteiger partial charge < -0.3 is 19.7 Å². The first kappa shape index (κ1) is 23.1. The number of nitrogens with one attached hydrogen (secondary N) is 1. The van der Waals surface area contributed by atoms with Gasteiger partial charge in [-0.3, -0.25) is 9.59 Å². The number of amides is 2. The lowest BCUT2D eigenvalue weighted by atomic mass is 9.98. The molecule has 2 heterocycles. The molecular formula is C22H21Br2N3O4. The van der Waals surface area contributed by atoms with E-state index in [4.69, 9.17) is 14.7 Å². The van der Waals surface area contributed by atoms with Crippen LogP contribution in [0.4, 0.5) is 0 Å². The van der Waals surface area contributed by atoms with E-state index in [1.54, 1.807) is 25.2 Å². The Balaban J connectivity index is 0.000000179. The minimum absolute atomic E-state index is 0.0457. The molecule has 162 valence electrons. The number of hydrogen-bond acceptors (Lipinski definition) is 5. The van der Waals surface area contributed by atoms with E-state index < -0.39 is 0 Å². The second kappa shape index (κ2) is 10.2. The Morgan fingerprint density at radius 2 is 1.58 bits per heavy atom. The molecule has 0 atom stereocenters. The van der Waals surface area contributed by atoms with Crippen molar-refractivity contribution in [1.29, 1.82) is 5.26 Å². The molecule has 0 saturated carbocycles. The maximum atomic E-state index is 12.2. The number of halogens is 2. The minimum Gasteiger partial charge on any atom is -0.496 e. The number of nitrogens with zero attached hydrogens (tertiary/aromatic N) is 2. The van der Waals surface area contributed by atoms with Gasteiger partial charge in [-0.1, -0.05) is 31.9 Å². The fraction of sp³-hybridized carbons (Fsp3) is 0.318. The summed E-state index contributed by atoms with van der Waals surface area (Å²) in [4.78, 5) is 25.3. The minimum atomic E-state index is -0.128. The molecule has 4 rings (SSSR count). The van der Waals surface area contributed by atoms with Crippen molar-refractivity contribution in [2.24, 2.45) is 0 Å². The number of methoxy groups -OCH3 is 2. The van der Waals surface area contributed by atoms with Crippen molar-refractivity contribution >= 4 is 43.7 Å². The van der Waals surface area contributed by atoms with Gasteiger partial charge in [-0.2, -0.15) is 5.26 Å². The molecule has 9 heteroatoms. The molecule has 0 radical (unpaired) electrons. The quantitative estimate of drug-likeness (QED) is 0.588. The van der Waals surface area contributed by atoms with E-state index in [0.717, 1.165) is 32.9 Å². The van der Waals surface area contributed by atoms with Crippen LogP contribution in [0.15, 0.2) is 33.2 Å². The van der Waals surface area contributed by atoms with Crippen LogP contribution in [0.3, 0.4) is 0 Å². The summed E-state index contributed by atoms with van der Waals surface area (Å²) in [7, 11) is 3.11. The van der Waals surface area contributed by atoms with Crippen molar-refractivity contribution in [2.45, 2.75) is 12.8 Å². The molecule has 1 N–H and O–H groups in total. The molecule has 2 aromatic carbocycles. The summed E-state index contributed by atoms with van der Waals surface area (Å²) in [5.74, 6) is 1.02. The summed E-state index contributed by atoms with van der Waals surface area (Å²) in [6, 6.07) is 9.48. The topological polar surface area (TPSA) is 91.7 Å². The Hall–Kier alpha value is -2.57. The van der Waals surface area contributed by atoms with Crippen LogP contribution in [0.2, 0.25) is 0 Å². The normalized spacial score (nSPS) is 14.4. The van der Waals surface area contributed by atoms with Crippen molar-refractivity contribution in [3.63, 3.8) is 0 Å². The van der Waals surface area contributed by atoms with Gasteiger partial charge in [-0.15, -0.1) is 0 Å². The van der Waals surface area contributed by atoms with Crippen LogP contribution in [-0.4, -0.2) is 50.6 Å². The summed E-state index contributed by atoms with van der Waals surface area (Å²) < 4.78 is 12.2. The summed E-state index contributed by atoms with van der Waals surface area (Å²) in [6.07, 6.45) is 1.61. The zero-order valence-corrected chi connectivity index (χ0v) is 20.3. The molecule has 2 aliphatic rings. The van der Waals surface area contributed by atoms with Gasteiger partial charge in [0.2, 0.25) is 0 Å². The highest BCUT2D eigenvalue weighted by Crippen LogP contribution is 2.32. The van der Waals surface area contributed by atoms with E-state index in [-0.39, 0.29) is 18.4 Å². The van der Waals surface area contributed by atoms with Gasteiger partial charge in [0.25, 0.3) is 11.8 Å². The summed E-state index contributed by atoms with van der Waals surface area (Å²) in [5, 5.41) is 11.5. The lowest BCUT2D eigenvalue weighted by Gasteiger charge is -2.27. The summed E-state index contributed by atoms with van der Waals surface area (Å²) >= 11 is 6.78. The smallest absolute Gasteiger partial charge is 0.258 e. The second-order valence-electron chi connectivity index (χ2n) is 6.93. The Bertz CT molecular complexity index is 1030. The van der Waals surface area contributed by atoms with Crippen LogP contribution < -0.4 is 14.8 Å². The van der Waals surface area contributed by atoms with Crippen molar-refractivity contribution in [3.05, 3.63) is 55.5 Å². The van der Waals surface area contributed by atoms with E-state index in [2.05, 4.69) is 37.2 Å². The Morgan fingerprint density at radius 3 is 2.16 bits per heavy atom. The maximum Gasteiger partial charge on any atom is 0.258 e. The lowest BCUT2D eigenvalue weighted by Crippen LogP contribution is -2.38. The lowest BCUT2D eigenvalue weighted by molar-refractivity contribution is 0.0757. The molecule has 2 aliphatic heterocycles. The number of ether oxygens (including phenoxy) is 2. The summed E-state index contributed by atoms with van der Waals surface area (Å²) in [6.45, 7) is 1.40. The van der Waals surface area contributed by atoms with Gasteiger partial charge in [0.15, 0.2) is 0 Å². The fourth-order valence-electron chi connectivity index (χ4n) is 3.64. The molecule has 2 aromatic rings. The van der Waals surface area contributed by atoms with Gasteiger partial charge in [0.1, 0.15) is 18.0 Å². The van der Waals surface area contributed by atoms with Crippen molar-refractivity contribution in [1.82, 2.24) is 10.2 Å². The Kier molecular flexibility index (Phi) is 7.57. The molecule has 7 nitrogen and oxygen atoms in total. The van der Waals surface area contributed by atoms with Crippen molar-refractivity contribution < 1.29 is 19.1 Å². The van der Waals surface area contributed by atoms with Crippen LogP contribution in [0.1, 0.15) is 31.8 Å². The molecule has 0 unspecified atom stereocenters. The average molecular weight is 551 g/mol. The highest BCUT2D eigenvalue weighted by molar-refractivity contribution is 9.10. The molecule has 0 spiro atoms. The van der Waals surface area contributed by atoms with E-state index in [9.17, 15) is 9.59 Å². The van der Waals surface area contributed by atoms with Crippen LogP contribution in [0.25, 0.3) is 0 Å². The first-order valence-corrected chi connectivity index (χ1v) is 11.2. The molecular weight excluding hydrogens is 530 g/mol. The summed E-state index contributed by atoms with van der Waals surface area (Å²) in [5.41, 5.74) is 3.26. The predicted molar refractivity (Wildman–Crippen MR) is 123 cm³/mol. The van der Waals surface area contributed by atoms with Crippen LogP contribution in [0, 0.1) is 11.3 Å². The van der Waals surface area contributed by atoms with E-state index in [0.29, 0.717) is 35.7 Å². The number of carbonyl (C=O) groups is 2. The number of carbonyl (C=O) groups excluding carboxylic acids is 2. The Morgan fingerprint density at radius 1 is 1.00 bits per heavy atom. The highest BCUT2D eigenvalue weighted by atomic mass is 79.9. The average Bonchev–Trinajstić information content (AvgIpc) is 2.75. The predicted octanol–water partition coefficient (Wildman–Crippen LogP) is 3.72. The van der Waals surface area contributed by atoms with E-state index in [1.165, 1.54) is 0 Å². The van der Waals surface area contributed by atoms with E-state index in [1.807, 2.05) is 24.3 Å². The SMILES string of the molecule is COc1cc(Br)cc2c1C(=O)N(CC#N)CC2.COc1cc(Br)cc2c1C(=O)NCC2. The molecule has 0 bridgehead atoms. The Labute approximate surface area is 197 Å². The number of fused-ring (bicyclic) bond motifs is 2. The second-order valence-corrected chi connectivity index (χ2v) is 8.76. The molecule has 0 fully saturated rings. The van der Waals surface area contributed by atoms with Crippen LogP contribution in [-0.2, 0) is 12.8 Å². The first-order chi connectivity index (χ1) is 14.9. The van der Waals surface area contributed by atoms with Gasteiger partial charge in [0.05, 0.1) is 31.4 Å². The van der Waals surface area contributed by atoms with Gasteiger partial charge in [-0.05, 0) is 48.2 Å². The molecule has 0 aromatic heterocycles. The number of benzene rings is 2. The number of hydrogen-bond donors (Lipinski definition) is 1. The van der Waals surface area contributed by atoms with Gasteiger partial charge >= 0.3 is 0 Å². The molecule has 2 amide bonds. The third-order valence-corrected chi connectivity index (χ3v) is 5.97. The van der Waals surface area contributed by atoms with Crippen LogP contribution in [0.5, 0.6) is 11.5 Å². The fourth-order valence-corrected chi connectivity index (χ4v) is 4.61. The molecule has 0 saturated heterocycles. The van der Waals surface area contributed by atoms with Gasteiger partial charge in [-0.25, -0.2) is 0 Å². The number of rotatable bonds is 3. The van der Waals surface area contributed by atoms with Crippen molar-refractivity contribution in [3.8, 4) is 17.6 Å². The standard InChI is InChI=1S/C12H11BrN2O2.C10H10BrNO2/c1-17-10-7-9(13)6-8-2-4-15(5-3-14)12(16)11(8)10;1-14-8-5-7(11)4-6-2-3-12-10(13)9(6)8/h6-7H,2,4-5H2,1H3;4-5H,2-3H2,1H3,(H,12,13). The molecule has 0 aliphatic carbocycles. The van der Waals surface area contributed by atoms with Crippen LogP contribution >= 0.6 is 31.9 Å². The largest absolute Gasteiger partial charge is 0.496 e. The zero-order chi connectivity index (χ0) is 22.5. The van der Waals surface area contributed by atoms with Crippen molar-refractivity contribution in [2.75, 3.05) is 33.9 Å². The first-order valence-electron chi connectivity index (χ1n) is 9.56. The third-order valence-electron chi connectivity index (χ3n) is 5.06. The third kappa shape index (κ3) is 5.02. The van der Waals surface area contributed by atoms with Gasteiger partial charge in [0, 0.05) is 22.0 Å². The monoisotopic (exact) mass is 549 g/mol.